The fourth-order valence-electron chi connectivity index (χ4n) is 3.72. The normalized spacial score (nSPS) is 20.2. The predicted molar refractivity (Wildman–Crippen MR) is 106 cm³/mol. The number of ether oxygens (including phenoxy) is 1. The van der Waals surface area contributed by atoms with Crippen molar-refractivity contribution in [3.63, 3.8) is 0 Å². The number of piperazine rings is 1. The molecular weight excluding hydrogens is 328 g/mol. The summed E-state index contributed by atoms with van der Waals surface area (Å²) in [6.45, 7) is 9.61. The summed E-state index contributed by atoms with van der Waals surface area (Å²) in [6.07, 6.45) is 10.5. The van der Waals surface area contributed by atoms with Gasteiger partial charge in [0, 0.05) is 52.8 Å². The van der Waals surface area contributed by atoms with Crippen molar-refractivity contribution in [2.24, 2.45) is 4.99 Å². The van der Waals surface area contributed by atoms with Crippen LogP contribution in [-0.4, -0.2) is 73.6 Å². The van der Waals surface area contributed by atoms with Crippen molar-refractivity contribution < 1.29 is 9.53 Å². The third-order valence-corrected chi connectivity index (χ3v) is 5.33. The highest BCUT2D eigenvalue weighted by Crippen LogP contribution is 2.19. The summed E-state index contributed by atoms with van der Waals surface area (Å²) in [7, 11) is 0. The van der Waals surface area contributed by atoms with Crippen LogP contribution in [0.2, 0.25) is 0 Å². The van der Waals surface area contributed by atoms with Crippen LogP contribution >= 0.6 is 0 Å². The van der Waals surface area contributed by atoms with Crippen molar-refractivity contribution in [2.45, 2.75) is 71.3 Å². The summed E-state index contributed by atoms with van der Waals surface area (Å²) >= 11 is 0. The van der Waals surface area contributed by atoms with Crippen LogP contribution < -0.4 is 5.32 Å². The van der Waals surface area contributed by atoms with E-state index in [-0.39, 0.29) is 5.91 Å². The van der Waals surface area contributed by atoms with Gasteiger partial charge in [0.15, 0.2) is 5.96 Å². The molecule has 0 bridgehead atoms. The van der Waals surface area contributed by atoms with E-state index in [1.165, 1.54) is 38.5 Å². The highest BCUT2D eigenvalue weighted by atomic mass is 16.5. The summed E-state index contributed by atoms with van der Waals surface area (Å²) < 4.78 is 6.06. The predicted octanol–water partition coefficient (Wildman–Crippen LogP) is 2.64. The minimum absolute atomic E-state index is 0.167. The van der Waals surface area contributed by atoms with Gasteiger partial charge in [-0.05, 0) is 32.6 Å². The van der Waals surface area contributed by atoms with E-state index in [1.807, 2.05) is 4.90 Å². The Morgan fingerprint density at radius 1 is 1.04 bits per heavy atom. The number of carbonyl (C=O) groups is 1. The Bertz CT molecular complexity index is 426. The average Bonchev–Trinajstić information content (AvgIpc) is 2.92. The lowest BCUT2D eigenvalue weighted by atomic mass is 10.1. The van der Waals surface area contributed by atoms with Crippen molar-refractivity contribution >= 4 is 11.9 Å². The number of unbranched alkanes of at least 4 members (excludes halogenated alkanes) is 1. The molecule has 0 aromatic rings. The number of nitrogens with zero attached hydrogens (tertiary/aromatic N) is 3. The standard InChI is InChI=1S/C20H38N4O2/c1-3-21-20(24-15-13-23(14-16-24)18(2)25)22-12-8-9-17-26-19-10-6-4-5-7-11-19/h19H,3-17H2,1-2H3,(H,21,22). The molecule has 2 aliphatic rings. The molecule has 1 aliphatic carbocycles. The molecule has 26 heavy (non-hydrogen) atoms. The Balaban J connectivity index is 1.64. The van der Waals surface area contributed by atoms with Gasteiger partial charge in [-0.2, -0.15) is 0 Å². The number of hydrogen-bond donors (Lipinski definition) is 1. The molecule has 1 saturated heterocycles. The van der Waals surface area contributed by atoms with Crippen molar-refractivity contribution in [3.05, 3.63) is 0 Å². The minimum atomic E-state index is 0.167. The molecule has 1 heterocycles. The quantitative estimate of drug-likeness (QED) is 0.326. The summed E-state index contributed by atoms with van der Waals surface area (Å²) in [5.74, 6) is 1.15. The smallest absolute Gasteiger partial charge is 0.219 e. The van der Waals surface area contributed by atoms with Gasteiger partial charge in [-0.3, -0.25) is 9.79 Å². The molecule has 0 aromatic heterocycles. The molecule has 6 heteroatoms. The maximum absolute atomic E-state index is 11.5. The second-order valence-corrected chi connectivity index (χ2v) is 7.42. The topological polar surface area (TPSA) is 57.2 Å². The van der Waals surface area contributed by atoms with Crippen LogP contribution in [0.15, 0.2) is 4.99 Å². The van der Waals surface area contributed by atoms with Gasteiger partial charge in [0.25, 0.3) is 0 Å². The van der Waals surface area contributed by atoms with Crippen molar-refractivity contribution in [1.82, 2.24) is 15.1 Å². The fraction of sp³-hybridized carbons (Fsp3) is 0.900. The second-order valence-electron chi connectivity index (χ2n) is 7.42. The fourth-order valence-corrected chi connectivity index (χ4v) is 3.72. The second kappa shape index (κ2) is 12.2. The van der Waals surface area contributed by atoms with E-state index < -0.39 is 0 Å². The molecule has 6 nitrogen and oxygen atoms in total. The van der Waals surface area contributed by atoms with Gasteiger partial charge in [0.1, 0.15) is 0 Å². The Morgan fingerprint density at radius 3 is 2.31 bits per heavy atom. The first kappa shape index (κ1) is 21.0. The molecule has 2 fully saturated rings. The number of nitrogens with one attached hydrogen (secondary N) is 1. The number of carbonyl (C=O) groups excluding carboxylic acids is 1. The lowest BCUT2D eigenvalue weighted by Crippen LogP contribution is -2.53. The van der Waals surface area contributed by atoms with Gasteiger partial charge in [-0.1, -0.05) is 25.7 Å². The van der Waals surface area contributed by atoms with Crippen molar-refractivity contribution in [1.29, 1.82) is 0 Å². The van der Waals surface area contributed by atoms with Gasteiger partial charge >= 0.3 is 0 Å². The monoisotopic (exact) mass is 366 g/mol. The number of hydrogen-bond acceptors (Lipinski definition) is 3. The Hall–Kier alpha value is -1.30. The molecule has 1 N–H and O–H groups in total. The van der Waals surface area contributed by atoms with Crippen molar-refractivity contribution in [3.8, 4) is 0 Å². The first-order chi connectivity index (χ1) is 12.7. The first-order valence-electron chi connectivity index (χ1n) is 10.6. The molecule has 0 atom stereocenters. The molecule has 0 spiro atoms. The summed E-state index contributed by atoms with van der Waals surface area (Å²) in [4.78, 5) is 20.4. The number of guanidine groups is 1. The highest BCUT2D eigenvalue weighted by Gasteiger charge is 2.20. The van der Waals surface area contributed by atoms with E-state index >= 15 is 0 Å². The number of aliphatic imine (C=N–C) groups is 1. The molecular formula is C20H38N4O2. The van der Waals surface area contributed by atoms with Gasteiger partial charge in [0.05, 0.1) is 6.10 Å². The van der Waals surface area contributed by atoms with E-state index in [9.17, 15) is 4.79 Å². The van der Waals surface area contributed by atoms with Gasteiger partial charge in [-0.25, -0.2) is 0 Å². The summed E-state index contributed by atoms with van der Waals surface area (Å²) in [5, 5.41) is 3.39. The third kappa shape index (κ3) is 7.52. The summed E-state index contributed by atoms with van der Waals surface area (Å²) in [6, 6.07) is 0. The Labute approximate surface area is 159 Å². The van der Waals surface area contributed by atoms with Crippen LogP contribution in [-0.2, 0) is 9.53 Å². The zero-order valence-corrected chi connectivity index (χ0v) is 16.8. The molecule has 1 saturated carbocycles. The highest BCUT2D eigenvalue weighted by molar-refractivity contribution is 5.80. The maximum atomic E-state index is 11.5. The van der Waals surface area contributed by atoms with Gasteiger partial charge in [-0.15, -0.1) is 0 Å². The van der Waals surface area contributed by atoms with E-state index in [4.69, 9.17) is 9.73 Å². The average molecular weight is 367 g/mol. The van der Waals surface area contributed by atoms with E-state index in [0.29, 0.717) is 6.10 Å². The van der Waals surface area contributed by atoms with Crippen LogP contribution in [0.3, 0.4) is 0 Å². The SMILES string of the molecule is CCNC(=NCCCCOC1CCCCCC1)N1CCN(C(C)=O)CC1. The van der Waals surface area contributed by atoms with E-state index in [1.54, 1.807) is 6.92 Å². The maximum Gasteiger partial charge on any atom is 0.219 e. The van der Waals surface area contributed by atoms with Crippen LogP contribution in [0.25, 0.3) is 0 Å². The lowest BCUT2D eigenvalue weighted by molar-refractivity contribution is -0.130. The van der Waals surface area contributed by atoms with Crippen LogP contribution in [0, 0.1) is 0 Å². The molecule has 0 aromatic carbocycles. The molecule has 1 amide bonds. The van der Waals surface area contributed by atoms with Crippen LogP contribution in [0.5, 0.6) is 0 Å². The molecule has 1 aliphatic heterocycles. The zero-order valence-electron chi connectivity index (χ0n) is 16.8. The largest absolute Gasteiger partial charge is 0.378 e. The Morgan fingerprint density at radius 2 is 1.69 bits per heavy atom. The zero-order chi connectivity index (χ0) is 18.6. The van der Waals surface area contributed by atoms with Crippen LogP contribution in [0.1, 0.15) is 65.2 Å². The molecule has 2 rings (SSSR count). The number of rotatable bonds is 7. The van der Waals surface area contributed by atoms with Crippen molar-refractivity contribution in [2.75, 3.05) is 45.9 Å². The van der Waals surface area contributed by atoms with Gasteiger partial charge in [0.2, 0.25) is 5.91 Å². The molecule has 150 valence electrons. The number of amides is 1. The van der Waals surface area contributed by atoms with E-state index in [0.717, 1.165) is 64.7 Å². The minimum Gasteiger partial charge on any atom is -0.378 e. The Kier molecular flexibility index (Phi) is 9.82. The van der Waals surface area contributed by atoms with E-state index in [2.05, 4.69) is 17.1 Å². The molecule has 0 unspecified atom stereocenters. The summed E-state index contributed by atoms with van der Waals surface area (Å²) in [5.41, 5.74) is 0. The third-order valence-electron chi connectivity index (χ3n) is 5.33. The van der Waals surface area contributed by atoms with Crippen LogP contribution in [0.4, 0.5) is 0 Å². The lowest BCUT2D eigenvalue weighted by Gasteiger charge is -2.36. The van der Waals surface area contributed by atoms with Gasteiger partial charge < -0.3 is 19.9 Å². The first-order valence-corrected chi connectivity index (χ1v) is 10.6. The molecule has 0 radical (unpaired) electrons.